The Morgan fingerprint density at radius 3 is 2.55 bits per heavy atom. The van der Waals surface area contributed by atoms with Crippen LogP contribution in [0.4, 0.5) is 18.9 Å². The van der Waals surface area contributed by atoms with Crippen LogP contribution in [-0.4, -0.2) is 11.5 Å². The van der Waals surface area contributed by atoms with Crippen molar-refractivity contribution in [3.8, 4) is 0 Å². The van der Waals surface area contributed by atoms with Crippen molar-refractivity contribution in [3.05, 3.63) is 39.7 Å². The van der Waals surface area contributed by atoms with Crippen LogP contribution in [0.1, 0.15) is 31.4 Å². The van der Waals surface area contributed by atoms with E-state index in [2.05, 4.69) is 24.1 Å². The van der Waals surface area contributed by atoms with Gasteiger partial charge in [-0.2, -0.15) is 13.2 Å². The molecule has 0 saturated heterocycles. The molecule has 0 aliphatic rings. The number of hydrogen-bond donors (Lipinski definition) is 2. The van der Waals surface area contributed by atoms with Crippen molar-refractivity contribution in [3.63, 3.8) is 0 Å². The van der Waals surface area contributed by atoms with Gasteiger partial charge in [-0.3, -0.25) is 4.79 Å². The van der Waals surface area contributed by atoms with Gasteiger partial charge in [0.05, 0.1) is 11.1 Å². The molecule has 0 aliphatic carbocycles. The number of benzene rings is 1. The molecule has 0 atom stereocenters. The summed E-state index contributed by atoms with van der Waals surface area (Å²) >= 11 is 0. The van der Waals surface area contributed by atoms with Gasteiger partial charge in [0.15, 0.2) is 0 Å². The number of pyridine rings is 1. The number of fused-ring (bicyclic) bond motifs is 1. The fraction of sp³-hybridized carbons (Fsp3) is 0.438. The van der Waals surface area contributed by atoms with E-state index in [1.807, 2.05) is 0 Å². The Labute approximate surface area is 126 Å². The highest BCUT2D eigenvalue weighted by Crippen LogP contribution is 2.35. The summed E-state index contributed by atoms with van der Waals surface area (Å²) < 4.78 is 39.2. The summed E-state index contributed by atoms with van der Waals surface area (Å²) in [6.07, 6.45) is -3.60. The first-order valence-electron chi connectivity index (χ1n) is 7.18. The van der Waals surface area contributed by atoms with Crippen molar-refractivity contribution < 1.29 is 13.2 Å². The van der Waals surface area contributed by atoms with Crippen LogP contribution in [0.5, 0.6) is 0 Å². The molecule has 1 aromatic heterocycles. The van der Waals surface area contributed by atoms with Crippen LogP contribution in [-0.2, 0) is 6.18 Å². The Bertz CT molecular complexity index is 732. The van der Waals surface area contributed by atoms with Gasteiger partial charge < -0.3 is 10.3 Å². The quantitative estimate of drug-likeness (QED) is 0.883. The Hall–Kier alpha value is -1.98. The highest BCUT2D eigenvalue weighted by molar-refractivity contribution is 5.89. The van der Waals surface area contributed by atoms with Crippen LogP contribution in [0.2, 0.25) is 0 Å². The van der Waals surface area contributed by atoms with Crippen molar-refractivity contribution in [1.82, 2.24) is 4.98 Å². The van der Waals surface area contributed by atoms with Gasteiger partial charge in [0, 0.05) is 23.7 Å². The lowest BCUT2D eigenvalue weighted by Crippen LogP contribution is -2.15. The SMILES string of the molecule is Cc1c(NCCC(C)C)ccc2c(C(F)(F)F)cc(=O)[nH]c12. The van der Waals surface area contributed by atoms with E-state index in [1.54, 1.807) is 13.0 Å². The predicted molar refractivity (Wildman–Crippen MR) is 82.3 cm³/mol. The molecule has 2 N–H and O–H groups in total. The number of nitrogens with one attached hydrogen (secondary N) is 2. The zero-order valence-electron chi connectivity index (χ0n) is 12.8. The molecule has 0 radical (unpaired) electrons. The molecule has 0 amide bonds. The first-order chi connectivity index (χ1) is 10.2. The van der Waals surface area contributed by atoms with Crippen LogP contribution >= 0.6 is 0 Å². The van der Waals surface area contributed by atoms with Crippen molar-refractivity contribution in [2.24, 2.45) is 5.92 Å². The number of rotatable bonds is 4. The molecule has 0 saturated carbocycles. The van der Waals surface area contributed by atoms with E-state index in [9.17, 15) is 18.0 Å². The Morgan fingerprint density at radius 1 is 1.27 bits per heavy atom. The fourth-order valence-electron chi connectivity index (χ4n) is 2.39. The standard InChI is InChI=1S/C16H19F3N2O/c1-9(2)6-7-20-13-5-4-11-12(16(17,18)19)8-14(22)21-15(11)10(13)3/h4-5,8-9,20H,6-7H2,1-3H3,(H,21,22). The average molecular weight is 312 g/mol. The molecule has 0 aliphatic heterocycles. The molecule has 2 rings (SSSR count). The largest absolute Gasteiger partial charge is 0.417 e. The van der Waals surface area contributed by atoms with Crippen LogP contribution in [0.25, 0.3) is 10.9 Å². The summed E-state index contributed by atoms with van der Waals surface area (Å²) in [7, 11) is 0. The molecule has 6 heteroatoms. The zero-order chi connectivity index (χ0) is 16.5. The summed E-state index contributed by atoms with van der Waals surface area (Å²) in [4.78, 5) is 14.1. The van der Waals surface area contributed by atoms with Crippen molar-refractivity contribution in [2.45, 2.75) is 33.4 Å². The van der Waals surface area contributed by atoms with Gasteiger partial charge in [0.2, 0.25) is 5.56 Å². The minimum absolute atomic E-state index is 0.0130. The lowest BCUT2D eigenvalue weighted by Gasteiger charge is -2.15. The van der Waals surface area contributed by atoms with E-state index in [-0.39, 0.29) is 10.9 Å². The third kappa shape index (κ3) is 3.43. The Balaban J connectivity index is 2.50. The summed E-state index contributed by atoms with van der Waals surface area (Å²) in [5, 5.41) is 3.22. The van der Waals surface area contributed by atoms with Gasteiger partial charge >= 0.3 is 6.18 Å². The second kappa shape index (κ2) is 6.02. The molecule has 1 heterocycles. The van der Waals surface area contributed by atoms with E-state index >= 15 is 0 Å². The highest BCUT2D eigenvalue weighted by Gasteiger charge is 2.33. The van der Waals surface area contributed by atoms with Crippen LogP contribution < -0.4 is 10.9 Å². The summed E-state index contributed by atoms with van der Waals surface area (Å²) in [6.45, 7) is 6.63. The molecule has 120 valence electrons. The minimum Gasteiger partial charge on any atom is -0.385 e. The third-order valence-electron chi connectivity index (χ3n) is 3.62. The molecule has 0 unspecified atom stereocenters. The van der Waals surface area contributed by atoms with Crippen LogP contribution in [0.3, 0.4) is 0 Å². The maximum atomic E-state index is 13.1. The number of hydrogen-bond acceptors (Lipinski definition) is 2. The number of H-pyrrole nitrogens is 1. The molecule has 0 spiro atoms. The number of halogens is 3. The second-order valence-electron chi connectivity index (χ2n) is 5.82. The van der Waals surface area contributed by atoms with E-state index in [0.29, 0.717) is 17.5 Å². The summed E-state index contributed by atoms with van der Waals surface area (Å²) in [5.41, 5.74) is -0.0627. The fourth-order valence-corrected chi connectivity index (χ4v) is 2.39. The number of alkyl halides is 3. The predicted octanol–water partition coefficient (Wildman–Crippen LogP) is 4.31. The maximum absolute atomic E-state index is 13.1. The molecule has 3 nitrogen and oxygen atoms in total. The topological polar surface area (TPSA) is 44.9 Å². The first-order valence-corrected chi connectivity index (χ1v) is 7.18. The van der Waals surface area contributed by atoms with Crippen molar-refractivity contribution in [1.29, 1.82) is 0 Å². The van der Waals surface area contributed by atoms with E-state index in [4.69, 9.17) is 0 Å². The highest BCUT2D eigenvalue weighted by atomic mass is 19.4. The number of aromatic amines is 1. The molecule has 1 aromatic carbocycles. The van der Waals surface area contributed by atoms with Gasteiger partial charge in [0.25, 0.3) is 0 Å². The normalized spacial score (nSPS) is 12.1. The van der Waals surface area contributed by atoms with Gasteiger partial charge in [-0.1, -0.05) is 19.9 Å². The van der Waals surface area contributed by atoms with Gasteiger partial charge in [-0.25, -0.2) is 0 Å². The van der Waals surface area contributed by atoms with Crippen molar-refractivity contribution >= 4 is 16.6 Å². The second-order valence-corrected chi connectivity index (χ2v) is 5.82. The Morgan fingerprint density at radius 2 is 1.95 bits per heavy atom. The first kappa shape index (κ1) is 16.4. The van der Waals surface area contributed by atoms with Gasteiger partial charge in [-0.15, -0.1) is 0 Å². The molecule has 0 fully saturated rings. The molecule has 22 heavy (non-hydrogen) atoms. The van der Waals surface area contributed by atoms with Crippen LogP contribution in [0, 0.1) is 12.8 Å². The van der Waals surface area contributed by atoms with Gasteiger partial charge in [-0.05, 0) is 30.9 Å². The zero-order valence-corrected chi connectivity index (χ0v) is 12.8. The molecule has 2 aromatic rings. The van der Waals surface area contributed by atoms with E-state index in [0.717, 1.165) is 18.7 Å². The third-order valence-corrected chi connectivity index (χ3v) is 3.62. The smallest absolute Gasteiger partial charge is 0.385 e. The molecular weight excluding hydrogens is 293 g/mol. The maximum Gasteiger partial charge on any atom is 0.417 e. The molecular formula is C16H19F3N2O. The Kier molecular flexibility index (Phi) is 4.49. The number of anilines is 1. The molecule has 0 bridgehead atoms. The summed E-state index contributed by atoms with van der Waals surface area (Å²) in [6, 6.07) is 3.64. The minimum atomic E-state index is -4.55. The average Bonchev–Trinajstić information content (AvgIpc) is 2.40. The number of aryl methyl sites for hydroxylation is 1. The van der Waals surface area contributed by atoms with E-state index in [1.165, 1.54) is 6.07 Å². The lowest BCUT2D eigenvalue weighted by molar-refractivity contribution is -0.136. The lowest BCUT2D eigenvalue weighted by atomic mass is 10.0. The monoisotopic (exact) mass is 312 g/mol. The van der Waals surface area contributed by atoms with Crippen molar-refractivity contribution in [2.75, 3.05) is 11.9 Å². The van der Waals surface area contributed by atoms with Crippen LogP contribution in [0.15, 0.2) is 23.0 Å². The van der Waals surface area contributed by atoms with E-state index < -0.39 is 17.3 Å². The number of aromatic nitrogens is 1. The summed E-state index contributed by atoms with van der Waals surface area (Å²) in [5.74, 6) is 0.532. The van der Waals surface area contributed by atoms with Gasteiger partial charge in [0.1, 0.15) is 0 Å².